The maximum Gasteiger partial charge on any atom is 0.319 e. The highest BCUT2D eigenvalue weighted by Gasteiger charge is 2.23. The average molecular weight is 332 g/mol. The number of hydrogen-bond acceptors (Lipinski definition) is 3. The van der Waals surface area contributed by atoms with Crippen LogP contribution in [0.5, 0.6) is 5.75 Å². The van der Waals surface area contributed by atoms with E-state index in [-0.39, 0.29) is 17.9 Å². The molecule has 0 saturated heterocycles. The number of ether oxygens (including phenoxy) is 1. The quantitative estimate of drug-likeness (QED) is 0.886. The number of hydrogen-bond donors (Lipinski definition) is 2. The number of methoxy groups -OCH3 is 1. The van der Waals surface area contributed by atoms with Crippen LogP contribution in [0.1, 0.15) is 18.0 Å². The first-order valence-corrected chi connectivity index (χ1v) is 8.28. The van der Waals surface area contributed by atoms with Gasteiger partial charge in [0.2, 0.25) is 0 Å². The number of halogens is 1. The Morgan fingerprint density at radius 1 is 1.30 bits per heavy atom. The molecule has 23 heavy (non-hydrogen) atoms. The van der Waals surface area contributed by atoms with Crippen LogP contribution in [0.2, 0.25) is 0 Å². The lowest BCUT2D eigenvalue weighted by atomic mass is 10.0. The number of thioether (sulfide) groups is 1. The predicted octanol–water partition coefficient (Wildman–Crippen LogP) is 4.19. The summed E-state index contributed by atoms with van der Waals surface area (Å²) in [5, 5.41) is 5.70. The van der Waals surface area contributed by atoms with Crippen LogP contribution in [0.25, 0.3) is 0 Å². The van der Waals surface area contributed by atoms with Crippen molar-refractivity contribution in [3.63, 3.8) is 0 Å². The normalized spacial score (nSPS) is 16.3. The highest BCUT2D eigenvalue weighted by Crippen LogP contribution is 2.36. The molecule has 1 heterocycles. The Bertz CT molecular complexity index is 723. The fraction of sp³-hybridized carbons (Fsp3) is 0.235. The van der Waals surface area contributed by atoms with E-state index in [1.54, 1.807) is 37.1 Å². The number of urea groups is 1. The van der Waals surface area contributed by atoms with Crippen LogP contribution < -0.4 is 15.4 Å². The number of amides is 2. The van der Waals surface area contributed by atoms with E-state index in [1.807, 2.05) is 12.1 Å². The minimum Gasteiger partial charge on any atom is -0.495 e. The molecule has 4 nitrogen and oxygen atoms in total. The summed E-state index contributed by atoms with van der Waals surface area (Å²) in [5.74, 6) is 1.19. The van der Waals surface area contributed by atoms with Gasteiger partial charge >= 0.3 is 6.03 Å². The lowest BCUT2D eigenvalue weighted by molar-refractivity contribution is 0.248. The molecule has 120 valence electrons. The Morgan fingerprint density at radius 3 is 2.96 bits per heavy atom. The third-order valence-corrected chi connectivity index (χ3v) is 4.79. The van der Waals surface area contributed by atoms with Crippen molar-refractivity contribution < 1.29 is 13.9 Å². The molecule has 2 aromatic carbocycles. The first kappa shape index (κ1) is 15.7. The molecule has 1 aliphatic rings. The molecular formula is C17H17FN2O2S. The van der Waals surface area contributed by atoms with Gasteiger partial charge in [0.1, 0.15) is 11.6 Å². The summed E-state index contributed by atoms with van der Waals surface area (Å²) < 4.78 is 18.7. The van der Waals surface area contributed by atoms with Gasteiger partial charge in [-0.05, 0) is 42.3 Å². The first-order valence-electron chi connectivity index (χ1n) is 7.30. The molecule has 0 saturated carbocycles. The van der Waals surface area contributed by atoms with E-state index >= 15 is 0 Å². The Kier molecular flexibility index (Phi) is 4.71. The van der Waals surface area contributed by atoms with Gasteiger partial charge in [0.15, 0.2) is 0 Å². The first-order chi connectivity index (χ1) is 11.2. The molecule has 0 aromatic heterocycles. The molecule has 0 fully saturated rings. The van der Waals surface area contributed by atoms with Gasteiger partial charge in [-0.3, -0.25) is 0 Å². The van der Waals surface area contributed by atoms with Crippen LogP contribution in [0, 0.1) is 5.82 Å². The summed E-state index contributed by atoms with van der Waals surface area (Å²) >= 11 is 1.68. The highest BCUT2D eigenvalue weighted by molar-refractivity contribution is 7.99. The third kappa shape index (κ3) is 3.59. The molecule has 2 N–H and O–H groups in total. The summed E-state index contributed by atoms with van der Waals surface area (Å²) in [6, 6.07) is 11.4. The molecule has 1 atom stereocenters. The lowest BCUT2D eigenvalue weighted by Crippen LogP contribution is -2.34. The minimum atomic E-state index is -0.332. The molecule has 1 aliphatic heterocycles. The summed E-state index contributed by atoms with van der Waals surface area (Å²) in [4.78, 5) is 13.3. The number of para-hydroxylation sites is 2. The molecule has 1 unspecified atom stereocenters. The summed E-state index contributed by atoms with van der Waals surface area (Å²) in [7, 11) is 1.55. The smallest absolute Gasteiger partial charge is 0.319 e. The van der Waals surface area contributed by atoms with E-state index in [2.05, 4.69) is 10.6 Å². The van der Waals surface area contributed by atoms with Gasteiger partial charge in [-0.25, -0.2) is 9.18 Å². The average Bonchev–Trinajstić information content (AvgIpc) is 2.56. The SMILES string of the molecule is COc1ccccc1NC(=O)NC1CCSc2ccc(F)cc21. The van der Waals surface area contributed by atoms with E-state index in [0.717, 1.165) is 22.6 Å². The van der Waals surface area contributed by atoms with Gasteiger partial charge in [0.25, 0.3) is 0 Å². The zero-order chi connectivity index (χ0) is 16.2. The molecule has 2 aromatic rings. The number of rotatable bonds is 3. The van der Waals surface area contributed by atoms with Crippen molar-refractivity contribution in [3.8, 4) is 5.75 Å². The number of carbonyl (C=O) groups is 1. The van der Waals surface area contributed by atoms with Gasteiger partial charge in [0, 0.05) is 10.6 Å². The van der Waals surface area contributed by atoms with Gasteiger partial charge in [-0.15, -0.1) is 11.8 Å². The highest BCUT2D eigenvalue weighted by atomic mass is 32.2. The van der Waals surface area contributed by atoms with Gasteiger partial charge in [-0.2, -0.15) is 0 Å². The van der Waals surface area contributed by atoms with Crippen LogP contribution in [-0.2, 0) is 0 Å². The number of carbonyl (C=O) groups excluding carboxylic acids is 1. The Labute approximate surface area is 138 Å². The zero-order valence-electron chi connectivity index (χ0n) is 12.6. The Balaban J connectivity index is 1.73. The minimum absolute atomic E-state index is 0.198. The standard InChI is InChI=1S/C17H17FN2O2S/c1-22-15-5-3-2-4-14(15)20-17(21)19-13-8-9-23-16-7-6-11(18)10-12(13)16/h2-7,10,13H,8-9H2,1H3,(H2,19,20,21). The predicted molar refractivity (Wildman–Crippen MR) is 89.6 cm³/mol. The largest absolute Gasteiger partial charge is 0.495 e. The summed E-state index contributed by atoms with van der Waals surface area (Å²) in [5.41, 5.74) is 1.42. The van der Waals surface area contributed by atoms with Crippen molar-refractivity contribution in [2.45, 2.75) is 17.4 Å². The maximum atomic E-state index is 13.5. The fourth-order valence-corrected chi connectivity index (χ4v) is 3.69. The second-order valence-corrected chi connectivity index (χ2v) is 6.31. The molecule has 0 radical (unpaired) electrons. The second-order valence-electron chi connectivity index (χ2n) is 5.17. The van der Waals surface area contributed by atoms with Gasteiger partial charge in [0.05, 0.1) is 18.8 Å². The maximum absolute atomic E-state index is 13.5. The summed E-state index contributed by atoms with van der Waals surface area (Å²) in [6.07, 6.45) is 0.764. The van der Waals surface area contributed by atoms with E-state index < -0.39 is 0 Å². The van der Waals surface area contributed by atoms with E-state index in [4.69, 9.17) is 4.74 Å². The van der Waals surface area contributed by atoms with Crippen molar-refractivity contribution in [2.24, 2.45) is 0 Å². The molecule has 3 rings (SSSR count). The second kappa shape index (κ2) is 6.91. The fourth-order valence-electron chi connectivity index (χ4n) is 2.58. The summed E-state index contributed by atoms with van der Waals surface area (Å²) in [6.45, 7) is 0. The Morgan fingerprint density at radius 2 is 2.13 bits per heavy atom. The molecular weight excluding hydrogens is 315 g/mol. The van der Waals surface area contributed by atoms with Crippen molar-refractivity contribution in [3.05, 3.63) is 53.8 Å². The van der Waals surface area contributed by atoms with Gasteiger partial charge < -0.3 is 15.4 Å². The van der Waals surface area contributed by atoms with E-state index in [1.165, 1.54) is 12.1 Å². The van der Waals surface area contributed by atoms with Crippen LogP contribution in [0.3, 0.4) is 0 Å². The lowest BCUT2D eigenvalue weighted by Gasteiger charge is -2.26. The number of anilines is 1. The monoisotopic (exact) mass is 332 g/mol. The van der Waals surface area contributed by atoms with Gasteiger partial charge in [-0.1, -0.05) is 12.1 Å². The molecule has 0 aliphatic carbocycles. The number of benzene rings is 2. The third-order valence-electron chi connectivity index (χ3n) is 3.67. The van der Waals surface area contributed by atoms with Crippen LogP contribution >= 0.6 is 11.8 Å². The molecule has 6 heteroatoms. The number of nitrogens with one attached hydrogen (secondary N) is 2. The zero-order valence-corrected chi connectivity index (χ0v) is 13.5. The van der Waals surface area contributed by atoms with Crippen molar-refractivity contribution >= 4 is 23.5 Å². The molecule has 0 bridgehead atoms. The molecule has 0 spiro atoms. The Hall–Kier alpha value is -2.21. The van der Waals surface area contributed by atoms with Crippen LogP contribution in [0.4, 0.5) is 14.9 Å². The number of fused-ring (bicyclic) bond motifs is 1. The van der Waals surface area contributed by atoms with Crippen molar-refractivity contribution in [2.75, 3.05) is 18.2 Å². The van der Waals surface area contributed by atoms with Crippen molar-refractivity contribution in [1.82, 2.24) is 5.32 Å². The van der Waals surface area contributed by atoms with E-state index in [9.17, 15) is 9.18 Å². The topological polar surface area (TPSA) is 50.4 Å². The van der Waals surface area contributed by atoms with Crippen molar-refractivity contribution in [1.29, 1.82) is 0 Å². The molecule has 2 amide bonds. The van der Waals surface area contributed by atoms with Crippen LogP contribution in [0.15, 0.2) is 47.4 Å². The van der Waals surface area contributed by atoms with Crippen LogP contribution in [-0.4, -0.2) is 18.9 Å². The van der Waals surface area contributed by atoms with E-state index in [0.29, 0.717) is 11.4 Å².